The molecule has 0 bridgehead atoms. The fourth-order valence-corrected chi connectivity index (χ4v) is 1.82. The lowest BCUT2D eigenvalue weighted by Gasteiger charge is -2.24. The molecule has 0 aliphatic carbocycles. The van der Waals surface area contributed by atoms with Gasteiger partial charge in [-0.1, -0.05) is 31.5 Å². The van der Waals surface area contributed by atoms with Gasteiger partial charge in [-0.15, -0.1) is 0 Å². The molecule has 2 nitrogen and oxygen atoms in total. The van der Waals surface area contributed by atoms with Crippen LogP contribution in [0.1, 0.15) is 32.3 Å². The molecule has 1 aromatic carbocycles. The molecule has 17 heavy (non-hydrogen) atoms. The first-order valence-corrected chi connectivity index (χ1v) is 6.07. The number of carbonyl (C=O) groups excluding carboxylic acids is 1. The van der Waals surface area contributed by atoms with Crippen LogP contribution in [0, 0.1) is 5.82 Å². The summed E-state index contributed by atoms with van der Waals surface area (Å²) in [4.78, 5) is 12.0. The van der Waals surface area contributed by atoms with Gasteiger partial charge in [0.15, 0.2) is 5.78 Å². The van der Waals surface area contributed by atoms with E-state index in [-0.39, 0.29) is 12.2 Å². The van der Waals surface area contributed by atoms with Crippen molar-refractivity contribution in [3.8, 4) is 0 Å². The molecule has 1 rings (SSSR count). The van der Waals surface area contributed by atoms with Crippen LogP contribution in [-0.4, -0.2) is 11.3 Å². The summed E-state index contributed by atoms with van der Waals surface area (Å²) in [6.45, 7) is 3.72. The van der Waals surface area contributed by atoms with Crippen molar-refractivity contribution in [3.63, 3.8) is 0 Å². The Balaban J connectivity index is 2.88. The molecular formula is C13H17ClFNO. The van der Waals surface area contributed by atoms with Gasteiger partial charge in [0.25, 0.3) is 0 Å². The average molecular weight is 258 g/mol. The maximum atomic E-state index is 13.5. The van der Waals surface area contributed by atoms with Gasteiger partial charge in [-0.25, -0.2) is 4.39 Å². The first kappa shape index (κ1) is 14.1. The third-order valence-corrected chi connectivity index (χ3v) is 3.42. The molecule has 0 saturated carbocycles. The number of carbonyl (C=O) groups is 1. The second-order valence-electron chi connectivity index (χ2n) is 4.20. The predicted molar refractivity (Wildman–Crippen MR) is 67.6 cm³/mol. The normalized spacial score (nSPS) is 11.6. The molecule has 0 atom stereocenters. The van der Waals surface area contributed by atoms with Crippen molar-refractivity contribution in [2.75, 3.05) is 0 Å². The minimum Gasteiger partial charge on any atom is -0.319 e. The Hall–Kier alpha value is -0.930. The van der Waals surface area contributed by atoms with E-state index in [1.807, 2.05) is 13.8 Å². The Kier molecular flexibility index (Phi) is 4.66. The van der Waals surface area contributed by atoms with E-state index >= 15 is 0 Å². The molecule has 0 radical (unpaired) electrons. The van der Waals surface area contributed by atoms with Crippen molar-refractivity contribution in [2.24, 2.45) is 5.73 Å². The summed E-state index contributed by atoms with van der Waals surface area (Å²) in [7, 11) is 0. The highest BCUT2D eigenvalue weighted by Crippen LogP contribution is 2.19. The summed E-state index contributed by atoms with van der Waals surface area (Å²) in [5.74, 6) is -0.593. The number of ketones is 1. The number of halogens is 2. The van der Waals surface area contributed by atoms with Gasteiger partial charge in [0.05, 0.1) is 5.54 Å². The van der Waals surface area contributed by atoms with Crippen LogP contribution in [0.2, 0.25) is 5.02 Å². The number of nitrogens with two attached hydrogens (primary N) is 1. The smallest absolute Gasteiger partial charge is 0.157 e. The molecule has 94 valence electrons. The third-order valence-electron chi connectivity index (χ3n) is 3.18. The molecule has 0 fully saturated rings. The Morgan fingerprint density at radius 2 is 2.00 bits per heavy atom. The van der Waals surface area contributed by atoms with Crippen LogP contribution < -0.4 is 5.73 Å². The Bertz CT molecular complexity index is 416. The Morgan fingerprint density at radius 1 is 1.41 bits per heavy atom. The zero-order valence-electron chi connectivity index (χ0n) is 10.1. The fraction of sp³-hybridized carbons (Fsp3) is 0.462. The molecule has 0 amide bonds. The van der Waals surface area contributed by atoms with Gasteiger partial charge in [-0.05, 0) is 30.5 Å². The second kappa shape index (κ2) is 5.61. The van der Waals surface area contributed by atoms with Gasteiger partial charge in [-0.2, -0.15) is 0 Å². The van der Waals surface area contributed by atoms with Gasteiger partial charge >= 0.3 is 0 Å². The summed E-state index contributed by atoms with van der Waals surface area (Å²) in [5.41, 5.74) is 5.46. The number of hydrogen-bond acceptors (Lipinski definition) is 2. The van der Waals surface area contributed by atoms with E-state index < -0.39 is 11.4 Å². The first-order valence-electron chi connectivity index (χ1n) is 5.69. The fourth-order valence-electron chi connectivity index (χ4n) is 1.66. The standard InChI is InChI=1S/C13H17ClFNO/c1-3-13(16,4-2)12(17)7-9-5-6-10(14)8-11(9)15/h5-6,8H,3-4,7,16H2,1-2H3. The number of hydrogen-bond donors (Lipinski definition) is 1. The largest absolute Gasteiger partial charge is 0.319 e. The quantitative estimate of drug-likeness (QED) is 0.881. The molecule has 0 spiro atoms. The van der Waals surface area contributed by atoms with Crippen LogP contribution in [0.25, 0.3) is 0 Å². The summed E-state index contributed by atoms with van der Waals surface area (Å²) in [6.07, 6.45) is 1.12. The highest BCUT2D eigenvalue weighted by atomic mass is 35.5. The molecule has 0 saturated heterocycles. The summed E-state index contributed by atoms with van der Waals surface area (Å²) in [5, 5.41) is 0.323. The molecule has 2 N–H and O–H groups in total. The van der Waals surface area contributed by atoms with Gasteiger partial charge in [0.1, 0.15) is 5.82 Å². The molecule has 1 aromatic rings. The number of benzene rings is 1. The van der Waals surface area contributed by atoms with Crippen molar-refractivity contribution in [1.82, 2.24) is 0 Å². The van der Waals surface area contributed by atoms with Crippen molar-refractivity contribution >= 4 is 17.4 Å². The van der Waals surface area contributed by atoms with Crippen molar-refractivity contribution in [1.29, 1.82) is 0 Å². The van der Waals surface area contributed by atoms with Crippen LogP contribution in [0.5, 0.6) is 0 Å². The topological polar surface area (TPSA) is 43.1 Å². The van der Waals surface area contributed by atoms with Gasteiger partial charge in [-0.3, -0.25) is 4.79 Å². The van der Waals surface area contributed by atoms with Crippen LogP contribution in [-0.2, 0) is 11.2 Å². The summed E-state index contributed by atoms with van der Waals surface area (Å²) < 4.78 is 13.5. The minimum absolute atomic E-state index is 0.0151. The number of rotatable bonds is 5. The average Bonchev–Trinajstić information content (AvgIpc) is 2.31. The zero-order chi connectivity index (χ0) is 13.1. The maximum Gasteiger partial charge on any atom is 0.157 e. The van der Waals surface area contributed by atoms with Gasteiger partial charge in [0, 0.05) is 11.4 Å². The highest BCUT2D eigenvalue weighted by Gasteiger charge is 2.29. The minimum atomic E-state index is -0.855. The van der Waals surface area contributed by atoms with E-state index in [0.717, 1.165) is 0 Å². The van der Waals surface area contributed by atoms with E-state index in [0.29, 0.717) is 23.4 Å². The molecule has 4 heteroatoms. The molecule has 0 aromatic heterocycles. The number of Topliss-reactive ketones (excluding diaryl/α,β-unsaturated/α-hetero) is 1. The molecule has 0 heterocycles. The van der Waals surface area contributed by atoms with E-state index in [1.54, 1.807) is 6.07 Å². The van der Waals surface area contributed by atoms with Crippen LogP contribution >= 0.6 is 11.6 Å². The van der Waals surface area contributed by atoms with Crippen molar-refractivity contribution < 1.29 is 9.18 Å². The SMILES string of the molecule is CCC(N)(CC)C(=O)Cc1ccc(Cl)cc1F. The summed E-state index contributed by atoms with van der Waals surface area (Å²) in [6, 6.07) is 4.31. The van der Waals surface area contributed by atoms with Crippen molar-refractivity contribution in [2.45, 2.75) is 38.6 Å². The lowest BCUT2D eigenvalue weighted by atomic mass is 9.86. The molecule has 0 aliphatic heterocycles. The van der Waals surface area contributed by atoms with E-state index in [9.17, 15) is 9.18 Å². The molecule has 0 unspecified atom stereocenters. The van der Waals surface area contributed by atoms with E-state index in [1.165, 1.54) is 12.1 Å². The second-order valence-corrected chi connectivity index (χ2v) is 4.64. The monoisotopic (exact) mass is 257 g/mol. The van der Waals surface area contributed by atoms with E-state index in [4.69, 9.17) is 17.3 Å². The molecule has 0 aliphatic rings. The lowest BCUT2D eigenvalue weighted by molar-refractivity contribution is -0.123. The lowest BCUT2D eigenvalue weighted by Crippen LogP contribution is -2.47. The summed E-state index contributed by atoms with van der Waals surface area (Å²) >= 11 is 5.65. The predicted octanol–water partition coefficient (Wildman–Crippen LogP) is 3.11. The van der Waals surface area contributed by atoms with Gasteiger partial charge < -0.3 is 5.73 Å². The van der Waals surface area contributed by atoms with Crippen LogP contribution in [0.3, 0.4) is 0 Å². The van der Waals surface area contributed by atoms with Crippen molar-refractivity contribution in [3.05, 3.63) is 34.6 Å². The first-order chi connectivity index (χ1) is 7.92. The maximum absolute atomic E-state index is 13.5. The third kappa shape index (κ3) is 3.27. The molecular weight excluding hydrogens is 241 g/mol. The Labute approximate surface area is 106 Å². The van der Waals surface area contributed by atoms with Crippen LogP contribution in [0.4, 0.5) is 4.39 Å². The van der Waals surface area contributed by atoms with Gasteiger partial charge in [0.2, 0.25) is 0 Å². The zero-order valence-corrected chi connectivity index (χ0v) is 10.9. The van der Waals surface area contributed by atoms with Crippen LogP contribution in [0.15, 0.2) is 18.2 Å². The highest BCUT2D eigenvalue weighted by molar-refractivity contribution is 6.30. The Morgan fingerprint density at radius 3 is 2.47 bits per heavy atom. The van der Waals surface area contributed by atoms with E-state index in [2.05, 4.69) is 0 Å².